The van der Waals surface area contributed by atoms with Crippen molar-refractivity contribution in [1.82, 2.24) is 5.32 Å². The molecule has 284 valence electrons. The minimum Gasteiger partial charge on any atom is -0.446 e. The van der Waals surface area contributed by atoms with Crippen LogP contribution < -0.4 is 5.32 Å². The number of azide groups is 1. The number of allylic oxidation sites excluding steroid dienone is 1. The number of nitrogens with zero attached hydrogens (tertiary/aromatic N) is 4. The number of hydrogen-bond acceptors (Lipinski definition) is 5. The predicted octanol–water partition coefficient (Wildman–Crippen LogP) is 10.5. The third kappa shape index (κ3) is 9.70. The fourth-order valence-electron chi connectivity index (χ4n) is 10.7. The van der Waals surface area contributed by atoms with Crippen molar-refractivity contribution in [2.75, 3.05) is 47.4 Å². The lowest BCUT2D eigenvalue weighted by Gasteiger charge is -2.58. The Kier molecular flexibility index (Phi) is 13.2. The second-order valence-electron chi connectivity index (χ2n) is 18.4. The van der Waals surface area contributed by atoms with Gasteiger partial charge in [-0.25, -0.2) is 4.79 Å². The van der Waals surface area contributed by atoms with Crippen LogP contribution in [0.3, 0.4) is 0 Å². The van der Waals surface area contributed by atoms with Gasteiger partial charge in [0.15, 0.2) is 6.29 Å². The van der Waals surface area contributed by atoms with Gasteiger partial charge in [0.05, 0.1) is 34.4 Å². The van der Waals surface area contributed by atoms with Crippen LogP contribution in [0.15, 0.2) is 41.0 Å². The summed E-state index contributed by atoms with van der Waals surface area (Å²) in [7, 11) is 6.34. The van der Waals surface area contributed by atoms with Gasteiger partial charge in [0, 0.05) is 29.1 Å². The monoisotopic (exact) mass is 707 g/mol. The van der Waals surface area contributed by atoms with E-state index in [4.69, 9.17) is 19.7 Å². The van der Waals surface area contributed by atoms with E-state index in [9.17, 15) is 4.79 Å². The summed E-state index contributed by atoms with van der Waals surface area (Å²) in [5.41, 5.74) is 12.4. The Morgan fingerprint density at radius 2 is 1.75 bits per heavy atom. The number of ether oxygens (including phenoxy) is 3. The first kappa shape index (κ1) is 39.6. The predicted molar refractivity (Wildman–Crippen MR) is 204 cm³/mol. The van der Waals surface area contributed by atoms with Gasteiger partial charge in [-0.05, 0) is 96.8 Å². The molecule has 5 rings (SSSR count). The van der Waals surface area contributed by atoms with Gasteiger partial charge >= 0.3 is 6.09 Å². The molecule has 1 amide bonds. The highest BCUT2D eigenvalue weighted by molar-refractivity contribution is 5.67. The van der Waals surface area contributed by atoms with Crippen molar-refractivity contribution in [2.24, 2.45) is 51.5 Å². The Morgan fingerprint density at radius 3 is 2.45 bits per heavy atom. The Hall–Kier alpha value is -2.58. The number of nitrogens with one attached hydrogen (secondary N) is 1. The minimum absolute atomic E-state index is 0.0839. The van der Waals surface area contributed by atoms with Crippen molar-refractivity contribution in [2.45, 2.75) is 118 Å². The molecule has 1 N–H and O–H groups in total. The molecule has 4 aliphatic carbocycles. The lowest BCUT2D eigenvalue weighted by molar-refractivity contribution is -0.871. The average Bonchev–Trinajstić information content (AvgIpc) is 3.43. The van der Waals surface area contributed by atoms with Crippen LogP contribution in [0.25, 0.3) is 10.4 Å². The maximum atomic E-state index is 12.9. The second kappa shape index (κ2) is 17.0. The van der Waals surface area contributed by atoms with Gasteiger partial charge in [-0.1, -0.05) is 94.9 Å². The van der Waals surface area contributed by atoms with Gasteiger partial charge in [-0.3, -0.25) is 0 Å². The number of amides is 1. The molecular formula is C42H68N5O4+. The van der Waals surface area contributed by atoms with Gasteiger partial charge < -0.3 is 24.0 Å². The van der Waals surface area contributed by atoms with Crippen LogP contribution in [0.4, 0.5) is 10.5 Å². The number of alkyl carbamates (subject to hydrolysis) is 1. The van der Waals surface area contributed by atoms with Crippen molar-refractivity contribution in [3.05, 3.63) is 51.9 Å². The second-order valence-corrected chi connectivity index (χ2v) is 18.4. The van der Waals surface area contributed by atoms with Crippen molar-refractivity contribution in [1.29, 1.82) is 0 Å². The van der Waals surface area contributed by atoms with Crippen LogP contribution in [0.2, 0.25) is 0 Å². The first-order chi connectivity index (χ1) is 24.2. The Morgan fingerprint density at radius 1 is 1.00 bits per heavy atom. The molecule has 9 nitrogen and oxygen atoms in total. The molecule has 0 bridgehead atoms. The molecule has 0 saturated heterocycles. The standard InChI is InChI=1S/C42H67N5O4/c1-29(2)10-9-11-30(3)36-18-19-37-35-17-14-32-28-34(20-22-41(32,4)38(35)21-23-42(36,37)5)51-40(48)44-24-26-49-39(50-27-25-47(6,7)8)31-12-15-33(16-13-31)45-46-43/h12-16,29-30,34-39H,9-11,17-28H2,1-8H3/p+1/t30-,34+,35?,36?,37?,38?,39?,41+,42-/m1/s1. The van der Waals surface area contributed by atoms with Gasteiger partial charge in [0.2, 0.25) is 0 Å². The van der Waals surface area contributed by atoms with E-state index in [-0.39, 0.29) is 24.2 Å². The van der Waals surface area contributed by atoms with Crippen LogP contribution in [-0.4, -0.2) is 64.1 Å². The molecule has 0 aromatic heterocycles. The van der Waals surface area contributed by atoms with Gasteiger partial charge in [-0.15, -0.1) is 0 Å². The average molecular weight is 707 g/mol. The number of carbonyl (C=O) groups is 1. The van der Waals surface area contributed by atoms with Gasteiger partial charge in [0.1, 0.15) is 12.6 Å². The lowest BCUT2D eigenvalue weighted by Crippen LogP contribution is -2.51. The molecular weight excluding hydrogens is 638 g/mol. The third-order valence-electron chi connectivity index (χ3n) is 13.5. The molecule has 1 aromatic carbocycles. The summed E-state index contributed by atoms with van der Waals surface area (Å²) in [5.74, 6) is 4.93. The summed E-state index contributed by atoms with van der Waals surface area (Å²) in [6.45, 7) is 14.4. The number of benzene rings is 1. The number of quaternary nitrogens is 1. The zero-order chi connectivity index (χ0) is 36.8. The molecule has 0 heterocycles. The smallest absolute Gasteiger partial charge is 0.407 e. The first-order valence-electron chi connectivity index (χ1n) is 20.1. The first-order valence-corrected chi connectivity index (χ1v) is 20.1. The number of hydrogen-bond donors (Lipinski definition) is 1. The molecule has 1 aromatic rings. The minimum atomic E-state index is -0.599. The molecule has 3 fully saturated rings. The summed E-state index contributed by atoms with van der Waals surface area (Å²) < 4.78 is 19.0. The molecule has 5 unspecified atom stereocenters. The van der Waals surface area contributed by atoms with Crippen LogP contribution in [0.5, 0.6) is 0 Å². The highest BCUT2D eigenvalue weighted by Gasteiger charge is 2.59. The quantitative estimate of drug-likeness (QED) is 0.0351. The van der Waals surface area contributed by atoms with Crippen LogP contribution in [0.1, 0.15) is 117 Å². The van der Waals surface area contributed by atoms with Crippen molar-refractivity contribution >= 4 is 11.8 Å². The van der Waals surface area contributed by atoms with E-state index in [0.29, 0.717) is 24.3 Å². The normalized spacial score (nSPS) is 31.4. The van der Waals surface area contributed by atoms with Gasteiger partial charge in [-0.2, -0.15) is 0 Å². The van der Waals surface area contributed by atoms with Crippen molar-refractivity contribution in [3.8, 4) is 0 Å². The molecule has 3 saturated carbocycles. The molecule has 0 spiro atoms. The molecule has 9 heteroatoms. The summed E-state index contributed by atoms with van der Waals surface area (Å²) in [5, 5.41) is 6.56. The maximum Gasteiger partial charge on any atom is 0.407 e. The molecule has 0 aliphatic heterocycles. The van der Waals surface area contributed by atoms with E-state index in [2.05, 4.69) is 77.2 Å². The van der Waals surface area contributed by atoms with Crippen LogP contribution >= 0.6 is 0 Å². The van der Waals surface area contributed by atoms with Gasteiger partial charge in [0.25, 0.3) is 0 Å². The zero-order valence-electron chi connectivity index (χ0n) is 33.0. The maximum absolute atomic E-state index is 12.9. The molecule has 0 radical (unpaired) electrons. The number of likely N-dealkylation sites (N-methyl/N-ethyl adjacent to an activating group) is 1. The molecule has 51 heavy (non-hydrogen) atoms. The number of fused-ring (bicyclic) bond motifs is 5. The Bertz CT molecular complexity index is 1380. The highest BCUT2D eigenvalue weighted by atomic mass is 16.7. The van der Waals surface area contributed by atoms with Crippen molar-refractivity contribution < 1.29 is 23.5 Å². The zero-order valence-corrected chi connectivity index (χ0v) is 33.0. The highest BCUT2D eigenvalue weighted by Crippen LogP contribution is 2.67. The Labute approximate surface area is 308 Å². The summed E-state index contributed by atoms with van der Waals surface area (Å²) in [4.78, 5) is 15.8. The van der Waals surface area contributed by atoms with Crippen molar-refractivity contribution in [3.63, 3.8) is 0 Å². The fourth-order valence-corrected chi connectivity index (χ4v) is 10.7. The Balaban J connectivity index is 1.10. The van der Waals surface area contributed by atoms with E-state index < -0.39 is 6.29 Å². The number of rotatable bonds is 16. The molecule has 9 atom stereocenters. The SMILES string of the molecule is CC(C)CCC[C@@H](C)C1CCC2C3CC=C4C[C@@H](OC(=O)NCCOC(OCC[N+](C)(C)C)c5ccc(N=[N+]=[N-])cc5)CC[C@]4(C)C3CC[C@@]21C. The largest absolute Gasteiger partial charge is 0.446 e. The van der Waals surface area contributed by atoms with E-state index in [1.54, 1.807) is 12.1 Å². The summed E-state index contributed by atoms with van der Waals surface area (Å²) in [6.07, 6.45) is 15.3. The lowest BCUT2D eigenvalue weighted by atomic mass is 9.47. The van der Waals surface area contributed by atoms with E-state index in [1.165, 1.54) is 56.9 Å². The summed E-state index contributed by atoms with van der Waals surface area (Å²) >= 11 is 0. The van der Waals surface area contributed by atoms with E-state index in [0.717, 1.165) is 71.4 Å². The third-order valence-corrected chi connectivity index (χ3v) is 13.5. The molecule has 4 aliphatic rings. The fraction of sp³-hybridized carbons (Fsp3) is 0.786. The topological polar surface area (TPSA) is 106 Å². The van der Waals surface area contributed by atoms with E-state index in [1.807, 2.05) is 12.1 Å². The van der Waals surface area contributed by atoms with E-state index >= 15 is 0 Å². The van der Waals surface area contributed by atoms with Crippen LogP contribution in [-0.2, 0) is 14.2 Å². The van der Waals surface area contributed by atoms with Crippen LogP contribution in [0, 0.1) is 46.3 Å². The number of carbonyl (C=O) groups excluding carboxylic acids is 1. The summed E-state index contributed by atoms with van der Waals surface area (Å²) in [6, 6.07) is 7.17.